The van der Waals surface area contributed by atoms with Crippen molar-refractivity contribution in [3.05, 3.63) is 0 Å². The molecule has 2 saturated carbocycles. The topological polar surface area (TPSA) is 35.5 Å². The molecule has 0 bridgehead atoms. The van der Waals surface area contributed by atoms with Crippen LogP contribution >= 0.6 is 0 Å². The van der Waals surface area contributed by atoms with Crippen LogP contribution in [0.4, 0.5) is 0 Å². The van der Waals surface area contributed by atoms with Crippen LogP contribution in [0.15, 0.2) is 0 Å². The summed E-state index contributed by atoms with van der Waals surface area (Å²) in [7, 11) is 0. The predicted molar refractivity (Wildman–Crippen MR) is 54.4 cm³/mol. The van der Waals surface area contributed by atoms with E-state index in [2.05, 4.69) is 0 Å². The standard InChI is InChI=1S/C12H18O3/c13-10-4-3-6-11(10)5-1-2-7-12(11)14-8-9-15-12/h1-9H2/t11-/m0/s1. The van der Waals surface area contributed by atoms with Gasteiger partial charge in [0.15, 0.2) is 5.79 Å². The van der Waals surface area contributed by atoms with Crippen LogP contribution in [0.3, 0.4) is 0 Å². The Bertz CT molecular complexity index is 281. The van der Waals surface area contributed by atoms with Crippen LogP contribution in [0.1, 0.15) is 44.9 Å². The van der Waals surface area contributed by atoms with Crippen LogP contribution in [0.2, 0.25) is 0 Å². The Balaban J connectivity index is 1.99. The van der Waals surface area contributed by atoms with E-state index in [0.717, 1.165) is 44.9 Å². The molecular weight excluding hydrogens is 192 g/mol. The average molecular weight is 210 g/mol. The van der Waals surface area contributed by atoms with Gasteiger partial charge in [-0.1, -0.05) is 6.42 Å². The number of Topliss-reactive ketones (excluding diaryl/α,β-unsaturated/α-hetero) is 1. The smallest absolute Gasteiger partial charge is 0.180 e. The molecule has 84 valence electrons. The average Bonchev–Trinajstić information content (AvgIpc) is 2.82. The van der Waals surface area contributed by atoms with E-state index in [-0.39, 0.29) is 5.41 Å². The maximum absolute atomic E-state index is 12.2. The second-order valence-electron chi connectivity index (χ2n) is 5.02. The van der Waals surface area contributed by atoms with Gasteiger partial charge in [0.05, 0.1) is 18.6 Å². The molecule has 1 saturated heterocycles. The molecular formula is C12H18O3. The Labute approximate surface area is 90.1 Å². The fourth-order valence-electron chi connectivity index (χ4n) is 3.69. The highest BCUT2D eigenvalue weighted by Crippen LogP contribution is 2.56. The van der Waals surface area contributed by atoms with E-state index in [4.69, 9.17) is 9.47 Å². The minimum Gasteiger partial charge on any atom is -0.346 e. The Kier molecular flexibility index (Phi) is 2.15. The van der Waals surface area contributed by atoms with E-state index in [0.29, 0.717) is 19.0 Å². The van der Waals surface area contributed by atoms with E-state index in [9.17, 15) is 4.79 Å². The highest BCUT2D eigenvalue weighted by atomic mass is 16.7. The van der Waals surface area contributed by atoms with Gasteiger partial charge in [0, 0.05) is 12.8 Å². The summed E-state index contributed by atoms with van der Waals surface area (Å²) in [6.45, 7) is 1.32. The van der Waals surface area contributed by atoms with Crippen LogP contribution in [0, 0.1) is 5.41 Å². The second-order valence-corrected chi connectivity index (χ2v) is 5.02. The second kappa shape index (κ2) is 3.29. The molecule has 1 aliphatic heterocycles. The molecule has 15 heavy (non-hydrogen) atoms. The molecule has 3 rings (SSSR count). The third kappa shape index (κ3) is 1.16. The molecule has 3 aliphatic rings. The Morgan fingerprint density at radius 1 is 0.933 bits per heavy atom. The number of ketones is 1. The van der Waals surface area contributed by atoms with Crippen molar-refractivity contribution in [2.24, 2.45) is 5.41 Å². The maximum atomic E-state index is 12.2. The number of hydrogen-bond acceptors (Lipinski definition) is 3. The SMILES string of the molecule is O=C1CCC[C@@]12CCCCC21OCCO1. The van der Waals surface area contributed by atoms with Crippen molar-refractivity contribution in [1.29, 1.82) is 0 Å². The zero-order valence-electron chi connectivity index (χ0n) is 9.09. The van der Waals surface area contributed by atoms with Crippen molar-refractivity contribution in [2.45, 2.75) is 50.7 Å². The molecule has 0 N–H and O–H groups in total. The summed E-state index contributed by atoms with van der Waals surface area (Å²) in [6.07, 6.45) is 6.91. The number of rotatable bonds is 0. The van der Waals surface area contributed by atoms with Crippen LogP contribution in [0.5, 0.6) is 0 Å². The Morgan fingerprint density at radius 3 is 2.27 bits per heavy atom. The van der Waals surface area contributed by atoms with E-state index < -0.39 is 5.79 Å². The lowest BCUT2D eigenvalue weighted by molar-refractivity contribution is -0.246. The number of carbonyl (C=O) groups is 1. The summed E-state index contributed by atoms with van der Waals surface area (Å²) in [4.78, 5) is 12.2. The minimum absolute atomic E-state index is 0.276. The van der Waals surface area contributed by atoms with Crippen molar-refractivity contribution in [2.75, 3.05) is 13.2 Å². The molecule has 0 aromatic carbocycles. The monoisotopic (exact) mass is 210 g/mol. The van der Waals surface area contributed by atoms with Crippen molar-refractivity contribution >= 4 is 5.78 Å². The third-order valence-electron chi connectivity index (χ3n) is 4.38. The first-order valence-electron chi connectivity index (χ1n) is 6.10. The third-order valence-corrected chi connectivity index (χ3v) is 4.38. The summed E-state index contributed by atoms with van der Waals surface area (Å²) >= 11 is 0. The van der Waals surface area contributed by atoms with E-state index in [1.807, 2.05) is 0 Å². The summed E-state index contributed by atoms with van der Waals surface area (Å²) in [6, 6.07) is 0. The lowest BCUT2D eigenvalue weighted by Gasteiger charge is -2.46. The van der Waals surface area contributed by atoms with Crippen LogP contribution < -0.4 is 0 Å². The van der Waals surface area contributed by atoms with Crippen molar-refractivity contribution < 1.29 is 14.3 Å². The van der Waals surface area contributed by atoms with Crippen LogP contribution in [-0.4, -0.2) is 24.8 Å². The van der Waals surface area contributed by atoms with Crippen molar-refractivity contribution in [1.82, 2.24) is 0 Å². The Morgan fingerprint density at radius 2 is 1.60 bits per heavy atom. The summed E-state index contributed by atoms with van der Waals surface area (Å²) in [5.41, 5.74) is -0.276. The van der Waals surface area contributed by atoms with Crippen LogP contribution in [-0.2, 0) is 14.3 Å². The van der Waals surface area contributed by atoms with Gasteiger partial charge >= 0.3 is 0 Å². The van der Waals surface area contributed by atoms with E-state index in [1.165, 1.54) is 0 Å². The first kappa shape index (κ1) is 9.79. The number of fused-ring (bicyclic) bond motifs is 1. The quantitative estimate of drug-likeness (QED) is 0.613. The molecule has 0 unspecified atom stereocenters. The number of hydrogen-bond donors (Lipinski definition) is 0. The lowest BCUT2D eigenvalue weighted by atomic mass is 9.67. The molecule has 0 aromatic heterocycles. The van der Waals surface area contributed by atoms with Gasteiger partial charge in [-0.3, -0.25) is 4.79 Å². The fraction of sp³-hybridized carbons (Fsp3) is 0.917. The van der Waals surface area contributed by atoms with Gasteiger partial charge in [0.25, 0.3) is 0 Å². The Hall–Kier alpha value is -0.410. The van der Waals surface area contributed by atoms with Gasteiger partial charge in [-0.2, -0.15) is 0 Å². The summed E-state index contributed by atoms with van der Waals surface area (Å²) < 4.78 is 11.7. The predicted octanol–water partition coefficient (Wildman–Crippen LogP) is 2.04. The molecule has 3 fully saturated rings. The maximum Gasteiger partial charge on any atom is 0.180 e. The number of ether oxygens (including phenoxy) is 2. The largest absolute Gasteiger partial charge is 0.346 e. The van der Waals surface area contributed by atoms with Gasteiger partial charge in [0.1, 0.15) is 5.78 Å². The molecule has 0 radical (unpaired) electrons. The van der Waals surface area contributed by atoms with Gasteiger partial charge < -0.3 is 9.47 Å². The lowest BCUT2D eigenvalue weighted by Crippen LogP contribution is -2.54. The number of carbonyl (C=O) groups excluding carboxylic acids is 1. The molecule has 2 spiro atoms. The zero-order valence-corrected chi connectivity index (χ0v) is 9.09. The minimum atomic E-state index is -0.529. The van der Waals surface area contributed by atoms with Gasteiger partial charge in [-0.15, -0.1) is 0 Å². The summed E-state index contributed by atoms with van der Waals surface area (Å²) in [5, 5.41) is 0. The molecule has 0 aromatic rings. The first-order valence-corrected chi connectivity index (χ1v) is 6.10. The van der Waals surface area contributed by atoms with Gasteiger partial charge in [-0.25, -0.2) is 0 Å². The van der Waals surface area contributed by atoms with Gasteiger partial charge in [-0.05, 0) is 25.7 Å². The summed E-state index contributed by atoms with van der Waals surface area (Å²) in [5.74, 6) is -0.136. The van der Waals surface area contributed by atoms with E-state index >= 15 is 0 Å². The molecule has 1 heterocycles. The van der Waals surface area contributed by atoms with E-state index in [1.54, 1.807) is 0 Å². The molecule has 1 atom stereocenters. The van der Waals surface area contributed by atoms with Gasteiger partial charge in [0.2, 0.25) is 0 Å². The molecule has 0 amide bonds. The van der Waals surface area contributed by atoms with Crippen LogP contribution in [0.25, 0.3) is 0 Å². The molecule has 2 aliphatic carbocycles. The highest BCUT2D eigenvalue weighted by molar-refractivity contribution is 5.88. The first-order chi connectivity index (χ1) is 7.29. The molecule has 3 heteroatoms. The zero-order chi connectivity index (χ0) is 10.4. The molecule has 3 nitrogen and oxygen atoms in total. The fourth-order valence-corrected chi connectivity index (χ4v) is 3.69. The van der Waals surface area contributed by atoms with Crippen molar-refractivity contribution in [3.63, 3.8) is 0 Å². The normalized spacial score (nSPS) is 39.3. The van der Waals surface area contributed by atoms with Crippen molar-refractivity contribution in [3.8, 4) is 0 Å². The highest BCUT2D eigenvalue weighted by Gasteiger charge is 2.62.